The number of fused-ring (bicyclic) bond motifs is 2. The van der Waals surface area contributed by atoms with Crippen molar-refractivity contribution in [2.75, 3.05) is 23.3 Å². The molecule has 0 bridgehead atoms. The van der Waals surface area contributed by atoms with Crippen LogP contribution < -0.4 is 10.2 Å². The first-order valence-corrected chi connectivity index (χ1v) is 11.4. The van der Waals surface area contributed by atoms with Crippen molar-refractivity contribution in [1.29, 1.82) is 0 Å². The molecule has 0 fully saturated rings. The Labute approximate surface area is 195 Å². The third kappa shape index (κ3) is 4.42. The highest BCUT2D eigenvalue weighted by Crippen LogP contribution is 2.30. The summed E-state index contributed by atoms with van der Waals surface area (Å²) in [4.78, 5) is 16.3. The maximum atomic E-state index is 12.9. The van der Waals surface area contributed by atoms with Gasteiger partial charge in [0.25, 0.3) is 0 Å². The van der Waals surface area contributed by atoms with Crippen LogP contribution in [-0.2, 0) is 25.7 Å². The Bertz CT molecular complexity index is 1300. The first-order chi connectivity index (χ1) is 16.4. The zero-order chi connectivity index (χ0) is 23.7. The van der Waals surface area contributed by atoms with Gasteiger partial charge < -0.3 is 14.8 Å². The van der Waals surface area contributed by atoms with Crippen LogP contribution >= 0.6 is 0 Å². The molecule has 0 spiro atoms. The minimum atomic E-state index is -4.35. The molecule has 2 aromatic heterocycles. The maximum absolute atomic E-state index is 12.9. The van der Waals surface area contributed by atoms with E-state index in [4.69, 9.17) is 9.97 Å². The van der Waals surface area contributed by atoms with Gasteiger partial charge in [0.2, 0.25) is 5.95 Å². The number of hydrogen-bond donors (Lipinski definition) is 1. The average Bonchev–Trinajstić information content (AvgIpc) is 3.24. The van der Waals surface area contributed by atoms with E-state index >= 15 is 0 Å². The fraction of sp³-hybridized carbons (Fsp3) is 0.320. The number of anilines is 2. The summed E-state index contributed by atoms with van der Waals surface area (Å²) in [5.74, 6) is 1.29. The van der Waals surface area contributed by atoms with Crippen molar-refractivity contribution in [1.82, 2.24) is 19.5 Å². The third-order valence-corrected chi connectivity index (χ3v) is 6.04. The standard InChI is InChI=1S/C25H25F3N6/c1-2-12-29-22-21-23(32-24(31-22)33-13-11-18-5-3-4-6-19(18)15-33)34(16-30-21)14-17-7-9-20(10-8-17)25(26,27)28/h3-10,16H,2,11-15H2,1H3,(H,29,31,32). The SMILES string of the molecule is CCCNc1nc(N2CCc3ccccc3C2)nc2c1ncn2Cc1ccc(C(F)(F)F)cc1. The molecule has 0 unspecified atom stereocenters. The molecule has 6 nitrogen and oxygen atoms in total. The molecule has 0 amide bonds. The molecule has 9 heteroatoms. The number of halogens is 3. The topological polar surface area (TPSA) is 58.9 Å². The van der Waals surface area contributed by atoms with Crippen molar-refractivity contribution in [2.45, 2.75) is 39.0 Å². The van der Waals surface area contributed by atoms with Gasteiger partial charge in [-0.15, -0.1) is 0 Å². The summed E-state index contributed by atoms with van der Waals surface area (Å²) in [5.41, 5.74) is 3.99. The zero-order valence-corrected chi connectivity index (χ0v) is 18.8. The monoisotopic (exact) mass is 466 g/mol. The molecule has 0 radical (unpaired) electrons. The van der Waals surface area contributed by atoms with Crippen LogP contribution in [0.4, 0.5) is 24.9 Å². The molecule has 3 heterocycles. The molecule has 2 aromatic carbocycles. The molecule has 1 aliphatic heterocycles. The van der Waals surface area contributed by atoms with Gasteiger partial charge in [0.15, 0.2) is 17.0 Å². The summed E-state index contributed by atoms with van der Waals surface area (Å²) in [6.45, 7) is 4.73. The summed E-state index contributed by atoms with van der Waals surface area (Å²) in [5, 5.41) is 3.36. The molecular weight excluding hydrogens is 441 g/mol. The Morgan fingerprint density at radius 1 is 1.00 bits per heavy atom. The molecule has 1 aliphatic rings. The summed E-state index contributed by atoms with van der Waals surface area (Å²) in [6.07, 6.45) is -0.830. The Balaban J connectivity index is 1.49. The van der Waals surface area contributed by atoms with Crippen LogP contribution in [0.25, 0.3) is 11.2 Å². The van der Waals surface area contributed by atoms with E-state index in [1.807, 2.05) is 10.6 Å². The summed E-state index contributed by atoms with van der Waals surface area (Å²) in [6, 6.07) is 13.6. The smallest absolute Gasteiger partial charge is 0.368 e. The fourth-order valence-electron chi connectivity index (χ4n) is 4.22. The molecule has 0 aliphatic carbocycles. The van der Waals surface area contributed by atoms with Crippen LogP contribution in [0.3, 0.4) is 0 Å². The van der Waals surface area contributed by atoms with Crippen molar-refractivity contribution in [2.24, 2.45) is 0 Å². The molecule has 4 aromatic rings. The van der Waals surface area contributed by atoms with Gasteiger partial charge in [-0.3, -0.25) is 0 Å². The fourth-order valence-corrected chi connectivity index (χ4v) is 4.22. The highest BCUT2D eigenvalue weighted by atomic mass is 19.4. The van der Waals surface area contributed by atoms with E-state index in [0.717, 1.165) is 50.2 Å². The lowest BCUT2D eigenvalue weighted by Crippen LogP contribution is -2.32. The van der Waals surface area contributed by atoms with E-state index in [-0.39, 0.29) is 0 Å². The predicted octanol–water partition coefficient (Wildman–Crippen LogP) is 5.28. The number of benzene rings is 2. The van der Waals surface area contributed by atoms with Gasteiger partial charge in [0, 0.05) is 19.6 Å². The highest BCUT2D eigenvalue weighted by molar-refractivity contribution is 5.84. The number of nitrogens with one attached hydrogen (secondary N) is 1. The Morgan fingerprint density at radius 2 is 1.76 bits per heavy atom. The summed E-state index contributed by atoms with van der Waals surface area (Å²) in [7, 11) is 0. The first kappa shape index (κ1) is 22.2. The van der Waals surface area contributed by atoms with Gasteiger partial charge in [0.1, 0.15) is 0 Å². The number of hydrogen-bond acceptors (Lipinski definition) is 5. The minimum absolute atomic E-state index is 0.362. The predicted molar refractivity (Wildman–Crippen MR) is 126 cm³/mol. The molecule has 176 valence electrons. The normalized spacial score (nSPS) is 13.8. The van der Waals surface area contributed by atoms with Crippen molar-refractivity contribution < 1.29 is 13.2 Å². The lowest BCUT2D eigenvalue weighted by Gasteiger charge is -2.29. The second-order valence-electron chi connectivity index (χ2n) is 8.48. The van der Waals surface area contributed by atoms with Gasteiger partial charge >= 0.3 is 6.18 Å². The lowest BCUT2D eigenvalue weighted by atomic mass is 10.0. The van der Waals surface area contributed by atoms with E-state index in [2.05, 4.69) is 40.3 Å². The van der Waals surface area contributed by atoms with Crippen molar-refractivity contribution in [3.63, 3.8) is 0 Å². The molecule has 5 rings (SSSR count). The first-order valence-electron chi connectivity index (χ1n) is 11.4. The summed E-state index contributed by atoms with van der Waals surface area (Å²) >= 11 is 0. The number of nitrogens with zero attached hydrogens (tertiary/aromatic N) is 5. The quantitative estimate of drug-likeness (QED) is 0.419. The van der Waals surface area contributed by atoms with Crippen LogP contribution in [0.1, 0.15) is 35.6 Å². The number of imidazole rings is 1. The van der Waals surface area contributed by atoms with Crippen LogP contribution in [0.2, 0.25) is 0 Å². The average molecular weight is 467 g/mol. The van der Waals surface area contributed by atoms with Crippen LogP contribution in [0.5, 0.6) is 0 Å². The Kier molecular flexibility index (Phi) is 5.85. The maximum Gasteiger partial charge on any atom is 0.416 e. The van der Waals surface area contributed by atoms with Crippen molar-refractivity contribution in [3.8, 4) is 0 Å². The Hall–Kier alpha value is -3.62. The molecule has 1 N–H and O–H groups in total. The largest absolute Gasteiger partial charge is 0.416 e. The Morgan fingerprint density at radius 3 is 2.50 bits per heavy atom. The molecule has 34 heavy (non-hydrogen) atoms. The van der Waals surface area contributed by atoms with E-state index < -0.39 is 11.7 Å². The van der Waals surface area contributed by atoms with Gasteiger partial charge in [0.05, 0.1) is 18.4 Å². The number of rotatable bonds is 6. The number of alkyl halides is 3. The molecule has 0 saturated heterocycles. The van der Waals surface area contributed by atoms with E-state index in [1.54, 1.807) is 6.33 Å². The second kappa shape index (κ2) is 8.96. The second-order valence-corrected chi connectivity index (χ2v) is 8.48. The van der Waals surface area contributed by atoms with E-state index in [1.165, 1.54) is 23.3 Å². The van der Waals surface area contributed by atoms with Crippen LogP contribution in [-0.4, -0.2) is 32.6 Å². The molecule has 0 saturated carbocycles. The highest BCUT2D eigenvalue weighted by Gasteiger charge is 2.30. The third-order valence-electron chi connectivity index (χ3n) is 6.04. The molecule has 0 atom stereocenters. The zero-order valence-electron chi connectivity index (χ0n) is 18.8. The minimum Gasteiger partial charge on any atom is -0.368 e. The van der Waals surface area contributed by atoms with Gasteiger partial charge in [-0.1, -0.05) is 43.3 Å². The number of aromatic nitrogens is 4. The van der Waals surface area contributed by atoms with Gasteiger partial charge in [-0.25, -0.2) is 4.98 Å². The van der Waals surface area contributed by atoms with E-state index in [9.17, 15) is 13.2 Å². The van der Waals surface area contributed by atoms with Gasteiger partial charge in [-0.05, 0) is 41.7 Å². The lowest BCUT2D eigenvalue weighted by molar-refractivity contribution is -0.137. The van der Waals surface area contributed by atoms with Crippen molar-refractivity contribution >= 4 is 22.9 Å². The molecular formula is C25H25F3N6. The van der Waals surface area contributed by atoms with Crippen LogP contribution in [0, 0.1) is 0 Å². The summed E-state index contributed by atoms with van der Waals surface area (Å²) < 4.78 is 40.6. The van der Waals surface area contributed by atoms with Gasteiger partial charge in [-0.2, -0.15) is 23.1 Å². The van der Waals surface area contributed by atoms with Crippen LogP contribution in [0.15, 0.2) is 54.9 Å². The van der Waals surface area contributed by atoms with E-state index in [0.29, 0.717) is 29.5 Å². The van der Waals surface area contributed by atoms with Crippen molar-refractivity contribution in [3.05, 3.63) is 77.1 Å².